The lowest BCUT2D eigenvalue weighted by Crippen LogP contribution is -1.86. The van der Waals surface area contributed by atoms with E-state index >= 15 is 0 Å². The Morgan fingerprint density at radius 3 is 2.82 bits per heavy atom. The first-order valence-electron chi connectivity index (χ1n) is 5.17. The van der Waals surface area contributed by atoms with Crippen molar-refractivity contribution in [3.63, 3.8) is 0 Å². The fourth-order valence-electron chi connectivity index (χ4n) is 1.90. The predicted octanol–water partition coefficient (Wildman–Crippen LogP) is 2.32. The molecular weight excluding hydrogens is 216 g/mol. The van der Waals surface area contributed by atoms with Crippen LogP contribution < -0.4 is 0 Å². The van der Waals surface area contributed by atoms with E-state index in [9.17, 15) is 0 Å². The van der Waals surface area contributed by atoms with Crippen LogP contribution in [0, 0.1) is 0 Å². The lowest BCUT2D eigenvalue weighted by atomic mass is 10.3. The molecule has 4 aromatic heterocycles. The molecule has 4 rings (SSSR count). The fourth-order valence-corrected chi connectivity index (χ4v) is 1.90. The maximum atomic E-state index is 5.67. The monoisotopic (exact) mass is 222 g/mol. The number of fused-ring (bicyclic) bond motifs is 4. The first kappa shape index (κ1) is 8.58. The van der Waals surface area contributed by atoms with Gasteiger partial charge in [-0.2, -0.15) is 0 Å². The molecule has 5 nitrogen and oxygen atoms in total. The number of nitrogens with zero attached hydrogens (tertiary/aromatic N) is 4. The van der Waals surface area contributed by atoms with E-state index < -0.39 is 0 Å². The molecular formula is C12H6N4O. The average Bonchev–Trinajstić information content (AvgIpc) is 2.73. The molecule has 0 saturated heterocycles. The first-order valence-corrected chi connectivity index (χ1v) is 5.17. The number of furan rings is 1. The summed E-state index contributed by atoms with van der Waals surface area (Å²) in [5, 5.41) is 0. The van der Waals surface area contributed by atoms with Crippen molar-refractivity contribution >= 4 is 33.4 Å². The van der Waals surface area contributed by atoms with Crippen LogP contribution in [-0.2, 0) is 0 Å². The molecule has 0 saturated carbocycles. The standard InChI is InChI=1S/C12H6N4O/c1-2-8-10(14-3-1)11-9(17-8)6-7-12(16-11)15-5-4-13-7/h1-6H. The Morgan fingerprint density at radius 2 is 1.82 bits per heavy atom. The van der Waals surface area contributed by atoms with Crippen molar-refractivity contribution < 1.29 is 4.42 Å². The van der Waals surface area contributed by atoms with Crippen LogP contribution in [0.1, 0.15) is 0 Å². The van der Waals surface area contributed by atoms with Gasteiger partial charge in [0.15, 0.2) is 16.8 Å². The zero-order chi connectivity index (χ0) is 11.2. The Hall–Kier alpha value is -2.56. The van der Waals surface area contributed by atoms with Crippen LogP contribution in [0.5, 0.6) is 0 Å². The van der Waals surface area contributed by atoms with E-state index in [1.807, 2.05) is 18.2 Å². The summed E-state index contributed by atoms with van der Waals surface area (Å²) in [4.78, 5) is 17.1. The van der Waals surface area contributed by atoms with Crippen LogP contribution in [0.15, 0.2) is 41.2 Å². The molecule has 0 aromatic carbocycles. The molecule has 0 unspecified atom stereocenters. The largest absolute Gasteiger partial charge is 0.453 e. The summed E-state index contributed by atoms with van der Waals surface area (Å²) in [6, 6.07) is 5.54. The number of rotatable bonds is 0. The second kappa shape index (κ2) is 2.98. The van der Waals surface area contributed by atoms with E-state index in [0.717, 1.165) is 22.1 Å². The van der Waals surface area contributed by atoms with Gasteiger partial charge in [-0.05, 0) is 12.1 Å². The fraction of sp³-hybridized carbons (Fsp3) is 0. The highest BCUT2D eigenvalue weighted by molar-refractivity contribution is 6.02. The van der Waals surface area contributed by atoms with E-state index in [0.29, 0.717) is 11.2 Å². The van der Waals surface area contributed by atoms with Gasteiger partial charge >= 0.3 is 0 Å². The Labute approximate surface area is 95.1 Å². The third-order valence-corrected chi connectivity index (χ3v) is 2.64. The second-order valence-electron chi connectivity index (χ2n) is 3.69. The smallest absolute Gasteiger partial charge is 0.179 e. The highest BCUT2D eigenvalue weighted by Crippen LogP contribution is 2.26. The van der Waals surface area contributed by atoms with Crippen molar-refractivity contribution in [1.82, 2.24) is 19.9 Å². The zero-order valence-corrected chi connectivity index (χ0v) is 8.66. The summed E-state index contributed by atoms with van der Waals surface area (Å²) in [5.41, 5.74) is 4.23. The van der Waals surface area contributed by atoms with Crippen molar-refractivity contribution in [2.45, 2.75) is 0 Å². The van der Waals surface area contributed by atoms with Crippen molar-refractivity contribution in [3.05, 3.63) is 36.8 Å². The van der Waals surface area contributed by atoms with Gasteiger partial charge in [-0.25, -0.2) is 9.97 Å². The molecule has 80 valence electrons. The van der Waals surface area contributed by atoms with Gasteiger partial charge < -0.3 is 4.42 Å². The van der Waals surface area contributed by atoms with E-state index in [2.05, 4.69) is 19.9 Å². The van der Waals surface area contributed by atoms with Gasteiger partial charge in [0.05, 0.1) is 0 Å². The molecule has 5 heteroatoms. The molecule has 17 heavy (non-hydrogen) atoms. The van der Waals surface area contributed by atoms with Crippen molar-refractivity contribution in [2.24, 2.45) is 0 Å². The maximum Gasteiger partial charge on any atom is 0.179 e. The molecule has 4 aromatic rings. The van der Waals surface area contributed by atoms with Crippen LogP contribution >= 0.6 is 0 Å². The van der Waals surface area contributed by atoms with Gasteiger partial charge in [-0.1, -0.05) is 0 Å². The molecule has 4 heterocycles. The summed E-state index contributed by atoms with van der Waals surface area (Å²) < 4.78 is 5.67. The van der Waals surface area contributed by atoms with Gasteiger partial charge in [0.1, 0.15) is 16.6 Å². The Kier molecular flexibility index (Phi) is 1.50. The average molecular weight is 222 g/mol. The Morgan fingerprint density at radius 1 is 0.882 bits per heavy atom. The third kappa shape index (κ3) is 1.13. The summed E-state index contributed by atoms with van der Waals surface area (Å²) in [7, 11) is 0. The molecule has 0 atom stereocenters. The Balaban J connectivity index is 2.28. The summed E-state index contributed by atoms with van der Waals surface area (Å²) in [6.07, 6.45) is 4.98. The normalized spacial score (nSPS) is 11.5. The maximum absolute atomic E-state index is 5.67. The topological polar surface area (TPSA) is 64.7 Å². The van der Waals surface area contributed by atoms with Crippen molar-refractivity contribution in [2.75, 3.05) is 0 Å². The van der Waals surface area contributed by atoms with E-state index in [1.54, 1.807) is 18.6 Å². The van der Waals surface area contributed by atoms with Gasteiger partial charge in [0.25, 0.3) is 0 Å². The minimum atomic E-state index is 0.605. The summed E-state index contributed by atoms with van der Waals surface area (Å²) in [5.74, 6) is 0. The van der Waals surface area contributed by atoms with Crippen LogP contribution in [0.25, 0.3) is 33.4 Å². The quantitative estimate of drug-likeness (QED) is 0.456. The van der Waals surface area contributed by atoms with E-state index in [4.69, 9.17) is 4.42 Å². The molecule has 0 aliphatic heterocycles. The SMILES string of the molecule is c1cnc2c(c1)oc1cc3nccnc3nc12. The minimum absolute atomic E-state index is 0.605. The zero-order valence-electron chi connectivity index (χ0n) is 8.66. The predicted molar refractivity (Wildman–Crippen MR) is 62.4 cm³/mol. The van der Waals surface area contributed by atoms with Gasteiger partial charge in [-0.3, -0.25) is 9.97 Å². The first-order chi connectivity index (χ1) is 8.42. The lowest BCUT2D eigenvalue weighted by molar-refractivity contribution is 0.668. The molecule has 0 N–H and O–H groups in total. The van der Waals surface area contributed by atoms with E-state index in [1.165, 1.54) is 0 Å². The second-order valence-corrected chi connectivity index (χ2v) is 3.69. The molecule has 0 radical (unpaired) electrons. The van der Waals surface area contributed by atoms with Gasteiger partial charge in [-0.15, -0.1) is 0 Å². The number of hydrogen-bond donors (Lipinski definition) is 0. The molecule has 0 aliphatic carbocycles. The number of hydrogen-bond acceptors (Lipinski definition) is 5. The van der Waals surface area contributed by atoms with E-state index in [-0.39, 0.29) is 0 Å². The molecule has 0 bridgehead atoms. The summed E-state index contributed by atoms with van der Waals surface area (Å²) >= 11 is 0. The van der Waals surface area contributed by atoms with Gasteiger partial charge in [0.2, 0.25) is 0 Å². The molecule has 0 amide bonds. The van der Waals surface area contributed by atoms with Crippen LogP contribution in [0.2, 0.25) is 0 Å². The molecule has 0 aliphatic rings. The highest BCUT2D eigenvalue weighted by Gasteiger charge is 2.10. The van der Waals surface area contributed by atoms with Crippen molar-refractivity contribution in [1.29, 1.82) is 0 Å². The van der Waals surface area contributed by atoms with Crippen molar-refractivity contribution in [3.8, 4) is 0 Å². The lowest BCUT2D eigenvalue weighted by Gasteiger charge is -1.93. The molecule has 0 spiro atoms. The summed E-state index contributed by atoms with van der Waals surface area (Å²) in [6.45, 7) is 0. The number of aromatic nitrogens is 4. The van der Waals surface area contributed by atoms with Gasteiger partial charge in [0, 0.05) is 24.7 Å². The number of pyridine rings is 2. The third-order valence-electron chi connectivity index (χ3n) is 2.64. The highest BCUT2D eigenvalue weighted by atomic mass is 16.3. The molecule has 0 fully saturated rings. The van der Waals surface area contributed by atoms with Crippen LogP contribution in [0.4, 0.5) is 0 Å². The Bertz CT molecular complexity index is 847. The van der Waals surface area contributed by atoms with Crippen LogP contribution in [-0.4, -0.2) is 19.9 Å². The minimum Gasteiger partial charge on any atom is -0.453 e. The van der Waals surface area contributed by atoms with Crippen LogP contribution in [0.3, 0.4) is 0 Å².